The molecule has 0 fully saturated rings. The molecule has 0 saturated carbocycles. The molecule has 0 aliphatic rings. The maximum Gasteiger partial charge on any atom is 0.254 e. The Morgan fingerprint density at radius 3 is 2.50 bits per heavy atom. The third-order valence-electron chi connectivity index (χ3n) is 3.62. The standard InChI is InChI=1S/C16H25NO3/c1-5-14(6-2)17(9-10-20-4)16(19)13-7-8-15(18)12(3)11-13/h7-8,11,14,18H,5-6,9-10H2,1-4H3. The van der Waals surface area contributed by atoms with Gasteiger partial charge in [-0.15, -0.1) is 0 Å². The Balaban J connectivity index is 2.99. The summed E-state index contributed by atoms with van der Waals surface area (Å²) in [7, 11) is 1.64. The van der Waals surface area contributed by atoms with E-state index >= 15 is 0 Å². The zero-order valence-corrected chi connectivity index (χ0v) is 12.8. The van der Waals surface area contributed by atoms with Gasteiger partial charge in [-0.3, -0.25) is 4.79 Å². The molecule has 4 nitrogen and oxygen atoms in total. The quantitative estimate of drug-likeness (QED) is 0.834. The first-order chi connectivity index (χ1) is 9.54. The van der Waals surface area contributed by atoms with E-state index in [-0.39, 0.29) is 17.7 Å². The van der Waals surface area contributed by atoms with Gasteiger partial charge in [0.05, 0.1) is 6.61 Å². The summed E-state index contributed by atoms with van der Waals surface area (Å²) >= 11 is 0. The molecule has 0 unspecified atom stereocenters. The monoisotopic (exact) mass is 279 g/mol. The summed E-state index contributed by atoms with van der Waals surface area (Å²) in [5.41, 5.74) is 1.33. The Morgan fingerprint density at radius 2 is 2.00 bits per heavy atom. The van der Waals surface area contributed by atoms with Crippen molar-refractivity contribution in [2.75, 3.05) is 20.3 Å². The molecule has 0 aromatic heterocycles. The van der Waals surface area contributed by atoms with Gasteiger partial charge in [-0.25, -0.2) is 0 Å². The zero-order valence-electron chi connectivity index (χ0n) is 12.8. The van der Waals surface area contributed by atoms with Crippen LogP contribution in [-0.4, -0.2) is 42.2 Å². The van der Waals surface area contributed by atoms with Crippen LogP contribution in [0, 0.1) is 6.92 Å². The smallest absolute Gasteiger partial charge is 0.254 e. The van der Waals surface area contributed by atoms with Crippen molar-refractivity contribution in [1.82, 2.24) is 4.90 Å². The van der Waals surface area contributed by atoms with Gasteiger partial charge in [0.1, 0.15) is 5.75 Å². The molecule has 20 heavy (non-hydrogen) atoms. The van der Waals surface area contributed by atoms with E-state index in [2.05, 4.69) is 13.8 Å². The van der Waals surface area contributed by atoms with E-state index in [4.69, 9.17) is 4.74 Å². The first-order valence-corrected chi connectivity index (χ1v) is 7.14. The molecule has 1 rings (SSSR count). The predicted molar refractivity (Wildman–Crippen MR) is 80.1 cm³/mol. The minimum absolute atomic E-state index is 0.00106. The van der Waals surface area contributed by atoms with Crippen LogP contribution >= 0.6 is 0 Å². The SMILES string of the molecule is CCC(CC)N(CCOC)C(=O)c1ccc(O)c(C)c1. The number of hydrogen-bond acceptors (Lipinski definition) is 3. The lowest BCUT2D eigenvalue weighted by Gasteiger charge is -2.30. The van der Waals surface area contributed by atoms with Crippen LogP contribution in [-0.2, 0) is 4.74 Å². The van der Waals surface area contributed by atoms with Crippen molar-refractivity contribution in [3.63, 3.8) is 0 Å². The Kier molecular flexibility index (Phi) is 6.52. The fourth-order valence-electron chi connectivity index (χ4n) is 2.32. The van der Waals surface area contributed by atoms with Gasteiger partial charge in [-0.1, -0.05) is 13.8 Å². The summed E-state index contributed by atoms with van der Waals surface area (Å²) in [6.07, 6.45) is 1.84. The normalized spacial score (nSPS) is 10.8. The molecule has 0 aliphatic carbocycles. The average Bonchev–Trinajstić information content (AvgIpc) is 2.45. The second-order valence-corrected chi connectivity index (χ2v) is 4.96. The first-order valence-electron chi connectivity index (χ1n) is 7.14. The predicted octanol–water partition coefficient (Wildman–Crippen LogP) is 2.98. The molecule has 4 heteroatoms. The highest BCUT2D eigenvalue weighted by Crippen LogP contribution is 2.20. The highest BCUT2D eigenvalue weighted by Gasteiger charge is 2.22. The highest BCUT2D eigenvalue weighted by molar-refractivity contribution is 5.94. The van der Waals surface area contributed by atoms with Gasteiger partial charge in [-0.2, -0.15) is 0 Å². The number of carbonyl (C=O) groups excluding carboxylic acids is 1. The number of ether oxygens (including phenoxy) is 1. The van der Waals surface area contributed by atoms with Crippen molar-refractivity contribution in [2.45, 2.75) is 39.7 Å². The fraction of sp³-hybridized carbons (Fsp3) is 0.562. The minimum atomic E-state index is -0.00106. The molecule has 0 spiro atoms. The van der Waals surface area contributed by atoms with E-state index in [9.17, 15) is 9.90 Å². The van der Waals surface area contributed by atoms with Crippen LogP contribution in [0.25, 0.3) is 0 Å². The number of aryl methyl sites for hydroxylation is 1. The number of carbonyl (C=O) groups is 1. The summed E-state index contributed by atoms with van der Waals surface area (Å²) in [6.45, 7) is 7.08. The number of methoxy groups -OCH3 is 1. The van der Waals surface area contributed by atoms with Gasteiger partial charge in [-0.05, 0) is 43.5 Å². The van der Waals surface area contributed by atoms with Crippen LogP contribution in [0.1, 0.15) is 42.6 Å². The molecule has 1 N–H and O–H groups in total. The number of rotatable bonds is 7. The van der Waals surface area contributed by atoms with Crippen molar-refractivity contribution in [1.29, 1.82) is 0 Å². The van der Waals surface area contributed by atoms with Crippen LogP contribution in [0.2, 0.25) is 0 Å². The van der Waals surface area contributed by atoms with Crippen LogP contribution in [0.4, 0.5) is 0 Å². The molecule has 0 atom stereocenters. The molecule has 0 aliphatic heterocycles. The van der Waals surface area contributed by atoms with Gasteiger partial charge >= 0.3 is 0 Å². The number of phenols is 1. The zero-order chi connectivity index (χ0) is 15.1. The number of benzene rings is 1. The number of phenolic OH excluding ortho intramolecular Hbond substituents is 1. The molecule has 0 heterocycles. The lowest BCUT2D eigenvalue weighted by atomic mass is 10.1. The maximum absolute atomic E-state index is 12.7. The summed E-state index contributed by atoms with van der Waals surface area (Å²) in [5.74, 6) is 0.214. The molecule has 112 valence electrons. The van der Waals surface area contributed by atoms with Gasteiger partial charge in [0.2, 0.25) is 0 Å². The van der Waals surface area contributed by atoms with Gasteiger partial charge < -0.3 is 14.7 Å². The topological polar surface area (TPSA) is 49.8 Å². The summed E-state index contributed by atoms with van der Waals surface area (Å²) < 4.78 is 5.11. The molecule has 0 radical (unpaired) electrons. The van der Waals surface area contributed by atoms with Crippen molar-refractivity contribution < 1.29 is 14.6 Å². The van der Waals surface area contributed by atoms with Crippen molar-refractivity contribution in [3.8, 4) is 5.75 Å². The molecule has 1 amide bonds. The first kappa shape index (κ1) is 16.5. The third kappa shape index (κ3) is 3.97. The summed E-state index contributed by atoms with van der Waals surface area (Å²) in [4.78, 5) is 14.5. The van der Waals surface area contributed by atoms with Crippen molar-refractivity contribution >= 4 is 5.91 Å². The molecule has 1 aromatic rings. The van der Waals surface area contributed by atoms with Crippen LogP contribution in [0.3, 0.4) is 0 Å². The Morgan fingerprint density at radius 1 is 1.35 bits per heavy atom. The molecule has 0 saturated heterocycles. The number of nitrogens with zero attached hydrogens (tertiary/aromatic N) is 1. The lowest BCUT2D eigenvalue weighted by Crippen LogP contribution is -2.41. The Bertz CT molecular complexity index is 441. The second kappa shape index (κ2) is 7.90. The second-order valence-electron chi connectivity index (χ2n) is 4.96. The Hall–Kier alpha value is -1.55. The minimum Gasteiger partial charge on any atom is -0.508 e. The van der Waals surface area contributed by atoms with E-state index in [1.54, 1.807) is 32.2 Å². The molecule has 0 bridgehead atoms. The molecular formula is C16H25NO3. The average molecular weight is 279 g/mol. The van der Waals surface area contributed by atoms with E-state index in [0.717, 1.165) is 12.8 Å². The summed E-state index contributed by atoms with van der Waals surface area (Å²) in [5, 5.41) is 9.56. The van der Waals surface area contributed by atoms with Crippen molar-refractivity contribution in [3.05, 3.63) is 29.3 Å². The van der Waals surface area contributed by atoms with Crippen LogP contribution < -0.4 is 0 Å². The lowest BCUT2D eigenvalue weighted by molar-refractivity contribution is 0.0589. The number of hydrogen-bond donors (Lipinski definition) is 1. The number of aromatic hydroxyl groups is 1. The van der Waals surface area contributed by atoms with Crippen molar-refractivity contribution in [2.24, 2.45) is 0 Å². The third-order valence-corrected chi connectivity index (χ3v) is 3.62. The van der Waals surface area contributed by atoms with E-state index in [1.807, 2.05) is 4.90 Å². The van der Waals surface area contributed by atoms with Crippen LogP contribution in [0.15, 0.2) is 18.2 Å². The Labute approximate surface area is 121 Å². The van der Waals surface area contributed by atoms with Gasteiger partial charge in [0.15, 0.2) is 0 Å². The molecular weight excluding hydrogens is 254 g/mol. The van der Waals surface area contributed by atoms with Crippen LogP contribution in [0.5, 0.6) is 5.75 Å². The maximum atomic E-state index is 12.7. The van der Waals surface area contributed by atoms with E-state index in [0.29, 0.717) is 24.3 Å². The fourth-order valence-corrected chi connectivity index (χ4v) is 2.32. The largest absolute Gasteiger partial charge is 0.508 e. The van der Waals surface area contributed by atoms with Gasteiger partial charge in [0.25, 0.3) is 5.91 Å². The van der Waals surface area contributed by atoms with E-state index in [1.165, 1.54) is 0 Å². The number of amides is 1. The molecule has 1 aromatic carbocycles. The van der Waals surface area contributed by atoms with Gasteiger partial charge in [0, 0.05) is 25.3 Å². The van der Waals surface area contributed by atoms with E-state index < -0.39 is 0 Å². The summed E-state index contributed by atoms with van der Waals surface area (Å²) in [6, 6.07) is 5.20. The highest BCUT2D eigenvalue weighted by atomic mass is 16.5.